The maximum atomic E-state index is 12.6. The van der Waals surface area contributed by atoms with E-state index in [0.29, 0.717) is 54.7 Å². The van der Waals surface area contributed by atoms with Crippen molar-refractivity contribution in [2.24, 2.45) is 0 Å². The molecule has 1 aliphatic carbocycles. The number of hydrogen-bond donors (Lipinski definition) is 0. The van der Waals surface area contributed by atoms with Crippen LogP contribution in [-0.2, 0) is 22.6 Å². The van der Waals surface area contributed by atoms with Crippen molar-refractivity contribution >= 4 is 51.7 Å². The Balaban J connectivity index is 1.12. The van der Waals surface area contributed by atoms with Gasteiger partial charge in [0.05, 0.1) is 52.0 Å². The van der Waals surface area contributed by atoms with Crippen molar-refractivity contribution in [3.8, 4) is 28.8 Å². The average molecular weight is 705 g/mol. The summed E-state index contributed by atoms with van der Waals surface area (Å²) in [6.07, 6.45) is 4.10. The fourth-order valence-electron chi connectivity index (χ4n) is 5.93. The number of methoxy groups -OCH3 is 1. The van der Waals surface area contributed by atoms with E-state index in [1.807, 2.05) is 30.5 Å². The molecule has 5 aromatic rings. The molecule has 0 N–H and O–H groups in total. The molecule has 0 amide bonds. The molecular weight excluding hydrogens is 673 g/mol. The van der Waals surface area contributed by atoms with Gasteiger partial charge in [-0.25, -0.2) is 4.79 Å². The SMILES string of the molecule is COC(=O)c1cc(C#Cc2ccc(OCc3c(-c4c(Cl)cccc4Cl)noc3C3CC3)cc2Cl)c2ccn(CCN3CCOCC3)c2c1. The first-order chi connectivity index (χ1) is 23.4. The van der Waals surface area contributed by atoms with Crippen LogP contribution < -0.4 is 4.74 Å². The fraction of sp³-hybridized carbons (Fsp3) is 0.297. The van der Waals surface area contributed by atoms with E-state index in [4.69, 9.17) is 53.5 Å². The Kier molecular flexibility index (Phi) is 9.67. The highest BCUT2D eigenvalue weighted by molar-refractivity contribution is 6.39. The summed E-state index contributed by atoms with van der Waals surface area (Å²) in [5.41, 5.74) is 4.71. The Morgan fingerprint density at radius 2 is 1.73 bits per heavy atom. The Bertz CT molecular complexity index is 2030. The molecule has 2 aliphatic rings. The van der Waals surface area contributed by atoms with Gasteiger partial charge in [0.15, 0.2) is 0 Å². The number of ether oxygens (including phenoxy) is 3. The number of esters is 1. The van der Waals surface area contributed by atoms with Crippen molar-refractivity contribution < 1.29 is 23.5 Å². The lowest BCUT2D eigenvalue weighted by atomic mass is 10.0. The topological polar surface area (TPSA) is 79.0 Å². The number of hydrogen-bond acceptors (Lipinski definition) is 7. The number of nitrogens with zero attached hydrogens (tertiary/aromatic N) is 3. The van der Waals surface area contributed by atoms with E-state index in [2.05, 4.69) is 26.5 Å². The lowest BCUT2D eigenvalue weighted by Crippen LogP contribution is -2.38. The van der Waals surface area contributed by atoms with E-state index in [-0.39, 0.29) is 6.61 Å². The van der Waals surface area contributed by atoms with Crippen molar-refractivity contribution in [3.63, 3.8) is 0 Å². The smallest absolute Gasteiger partial charge is 0.337 e. The summed E-state index contributed by atoms with van der Waals surface area (Å²) in [4.78, 5) is 15.0. The predicted octanol–water partition coefficient (Wildman–Crippen LogP) is 8.23. The minimum atomic E-state index is -0.418. The Hall–Kier alpha value is -3.97. The molecule has 0 radical (unpaired) electrons. The fourth-order valence-corrected chi connectivity index (χ4v) is 6.72. The molecule has 48 heavy (non-hydrogen) atoms. The van der Waals surface area contributed by atoms with Crippen LogP contribution in [0.2, 0.25) is 15.1 Å². The highest BCUT2D eigenvalue weighted by Crippen LogP contribution is 2.46. The van der Waals surface area contributed by atoms with Crippen molar-refractivity contribution in [2.45, 2.75) is 31.9 Å². The molecule has 1 saturated carbocycles. The summed E-state index contributed by atoms with van der Waals surface area (Å²) in [6, 6.07) is 16.4. The highest BCUT2D eigenvalue weighted by Gasteiger charge is 2.33. The molecule has 3 heterocycles. The third-order valence-corrected chi connectivity index (χ3v) is 9.64. The van der Waals surface area contributed by atoms with E-state index in [1.165, 1.54) is 7.11 Å². The number of aromatic nitrogens is 2. The zero-order chi connectivity index (χ0) is 33.2. The molecule has 2 aromatic heterocycles. The van der Waals surface area contributed by atoms with Crippen LogP contribution in [0.1, 0.15) is 51.6 Å². The van der Waals surface area contributed by atoms with Crippen LogP contribution in [0.5, 0.6) is 5.75 Å². The summed E-state index contributed by atoms with van der Waals surface area (Å²) in [7, 11) is 1.38. The Labute approximate surface area is 293 Å². The molecular formula is C37H32Cl3N3O5. The quantitative estimate of drug-likeness (QED) is 0.113. The molecule has 3 aromatic carbocycles. The summed E-state index contributed by atoms with van der Waals surface area (Å²) in [5, 5.41) is 6.70. The summed E-state index contributed by atoms with van der Waals surface area (Å²) < 4.78 is 24.6. The summed E-state index contributed by atoms with van der Waals surface area (Å²) in [5.74, 6) is 7.69. The number of carbonyl (C=O) groups is 1. The molecule has 2 fully saturated rings. The van der Waals surface area contributed by atoms with Crippen molar-refractivity contribution in [1.82, 2.24) is 14.6 Å². The lowest BCUT2D eigenvalue weighted by Gasteiger charge is -2.26. The van der Waals surface area contributed by atoms with Crippen molar-refractivity contribution in [2.75, 3.05) is 40.0 Å². The van der Waals surface area contributed by atoms with Gasteiger partial charge in [0, 0.05) is 66.4 Å². The van der Waals surface area contributed by atoms with Gasteiger partial charge in [0.25, 0.3) is 0 Å². The van der Waals surface area contributed by atoms with E-state index in [1.54, 1.807) is 30.3 Å². The number of carbonyl (C=O) groups excluding carboxylic acids is 1. The van der Waals surface area contributed by atoms with E-state index < -0.39 is 5.97 Å². The van der Waals surface area contributed by atoms with Gasteiger partial charge in [-0.1, -0.05) is 57.9 Å². The zero-order valence-electron chi connectivity index (χ0n) is 26.2. The van der Waals surface area contributed by atoms with Gasteiger partial charge < -0.3 is 23.3 Å². The normalized spacial score (nSPS) is 14.9. The maximum Gasteiger partial charge on any atom is 0.337 e. The minimum absolute atomic E-state index is 0.203. The third-order valence-electron chi connectivity index (χ3n) is 8.69. The van der Waals surface area contributed by atoms with Crippen LogP contribution in [0.4, 0.5) is 0 Å². The van der Waals surface area contributed by atoms with Crippen LogP contribution >= 0.6 is 34.8 Å². The monoisotopic (exact) mass is 703 g/mol. The first-order valence-corrected chi connectivity index (χ1v) is 16.9. The standard InChI is InChI=1S/C37H32Cl3N3O5/c1-45-37(44)26-19-25(28-11-12-43(33(28)20-26)14-13-42-15-17-46-18-16-42)8-5-23-9-10-27(21-32(23)40)47-22-29-35(41-48-36(29)24-6-7-24)34-30(38)3-2-4-31(34)39/h2-4,9-12,19-21,24H,6-7,13-18,22H2,1H3. The summed E-state index contributed by atoms with van der Waals surface area (Å²) >= 11 is 19.7. The van der Waals surface area contributed by atoms with Gasteiger partial charge in [-0.15, -0.1) is 0 Å². The van der Waals surface area contributed by atoms with Gasteiger partial charge in [-0.2, -0.15) is 0 Å². The second-order valence-corrected chi connectivity index (χ2v) is 13.1. The van der Waals surface area contributed by atoms with Crippen molar-refractivity contribution in [3.05, 3.63) is 104 Å². The minimum Gasteiger partial charge on any atom is -0.489 e. The highest BCUT2D eigenvalue weighted by atomic mass is 35.5. The van der Waals surface area contributed by atoms with E-state index in [0.717, 1.165) is 74.5 Å². The second-order valence-electron chi connectivity index (χ2n) is 11.8. The largest absolute Gasteiger partial charge is 0.489 e. The number of rotatable bonds is 9. The van der Waals surface area contributed by atoms with Gasteiger partial charge in [0.2, 0.25) is 0 Å². The zero-order valence-corrected chi connectivity index (χ0v) is 28.5. The summed E-state index contributed by atoms with van der Waals surface area (Å²) in [6.45, 7) is 5.18. The lowest BCUT2D eigenvalue weighted by molar-refractivity contribution is 0.0365. The van der Waals surface area contributed by atoms with Crippen LogP contribution in [0.15, 0.2) is 65.3 Å². The molecule has 246 valence electrons. The molecule has 0 spiro atoms. The number of halogens is 3. The van der Waals surface area contributed by atoms with Gasteiger partial charge in [-0.3, -0.25) is 4.90 Å². The molecule has 8 nitrogen and oxygen atoms in total. The first-order valence-electron chi connectivity index (χ1n) is 15.8. The average Bonchev–Trinajstić information content (AvgIpc) is 3.73. The number of fused-ring (bicyclic) bond motifs is 1. The maximum absolute atomic E-state index is 12.6. The molecule has 0 unspecified atom stereocenters. The molecule has 0 bridgehead atoms. The van der Waals surface area contributed by atoms with Crippen LogP contribution in [-0.4, -0.2) is 60.6 Å². The third kappa shape index (κ3) is 6.93. The number of morpholine rings is 1. The van der Waals surface area contributed by atoms with Gasteiger partial charge in [-0.05, 0) is 55.3 Å². The molecule has 11 heteroatoms. The Morgan fingerprint density at radius 1 is 0.958 bits per heavy atom. The number of benzene rings is 3. The molecule has 1 aliphatic heterocycles. The predicted molar refractivity (Wildman–Crippen MR) is 186 cm³/mol. The Morgan fingerprint density at radius 3 is 2.46 bits per heavy atom. The molecule has 0 atom stereocenters. The van der Waals surface area contributed by atoms with Crippen LogP contribution in [0, 0.1) is 11.8 Å². The molecule has 1 saturated heterocycles. The first kappa shape index (κ1) is 32.6. The van der Waals surface area contributed by atoms with Gasteiger partial charge >= 0.3 is 5.97 Å². The van der Waals surface area contributed by atoms with Crippen LogP contribution in [0.3, 0.4) is 0 Å². The second kappa shape index (κ2) is 14.3. The van der Waals surface area contributed by atoms with Gasteiger partial charge in [0.1, 0.15) is 23.8 Å². The van der Waals surface area contributed by atoms with E-state index in [9.17, 15) is 4.79 Å². The van der Waals surface area contributed by atoms with Crippen molar-refractivity contribution in [1.29, 1.82) is 0 Å². The van der Waals surface area contributed by atoms with E-state index >= 15 is 0 Å². The molecule has 7 rings (SSSR count). The van der Waals surface area contributed by atoms with Crippen LogP contribution in [0.25, 0.3) is 22.2 Å².